The van der Waals surface area contributed by atoms with Crippen LogP contribution >= 0.6 is 0 Å². The topological polar surface area (TPSA) is 38.7 Å². The lowest BCUT2D eigenvalue weighted by atomic mass is 10.3. The first-order chi connectivity index (χ1) is 5.33. The average Bonchev–Trinajstić information content (AvgIpc) is 2.37. The zero-order chi connectivity index (χ0) is 8.10. The van der Waals surface area contributed by atoms with E-state index in [0.717, 1.165) is 19.4 Å². The van der Waals surface area contributed by atoms with Crippen LogP contribution in [0.5, 0.6) is 0 Å². The number of aliphatic hydroxyl groups is 1. The standard InChI is InChI=1S/C8H16O3/c1-2-3-4-10-8-5-7(9)6-11-8/h7-9H,2-6H2,1H3. The molecule has 0 bridgehead atoms. The minimum absolute atomic E-state index is 0.156. The van der Waals surface area contributed by atoms with Crippen molar-refractivity contribution in [2.45, 2.75) is 38.6 Å². The van der Waals surface area contributed by atoms with E-state index in [2.05, 4.69) is 6.92 Å². The van der Waals surface area contributed by atoms with Gasteiger partial charge in [-0.05, 0) is 6.42 Å². The smallest absolute Gasteiger partial charge is 0.160 e. The van der Waals surface area contributed by atoms with Crippen molar-refractivity contribution in [3.63, 3.8) is 0 Å². The molecule has 0 aromatic carbocycles. The summed E-state index contributed by atoms with van der Waals surface area (Å²) in [7, 11) is 0. The van der Waals surface area contributed by atoms with Crippen LogP contribution in [0.25, 0.3) is 0 Å². The van der Waals surface area contributed by atoms with Gasteiger partial charge in [-0.1, -0.05) is 13.3 Å². The molecule has 11 heavy (non-hydrogen) atoms. The van der Waals surface area contributed by atoms with E-state index in [-0.39, 0.29) is 12.4 Å². The first-order valence-corrected chi connectivity index (χ1v) is 4.24. The Kier molecular flexibility index (Phi) is 3.83. The minimum Gasteiger partial charge on any atom is -0.391 e. The lowest BCUT2D eigenvalue weighted by molar-refractivity contribution is -0.111. The van der Waals surface area contributed by atoms with Crippen molar-refractivity contribution in [2.24, 2.45) is 0 Å². The van der Waals surface area contributed by atoms with Gasteiger partial charge in [-0.15, -0.1) is 0 Å². The number of hydrogen-bond donors (Lipinski definition) is 1. The summed E-state index contributed by atoms with van der Waals surface area (Å²) in [6.07, 6.45) is 2.35. The predicted molar refractivity (Wildman–Crippen MR) is 41.2 cm³/mol. The van der Waals surface area contributed by atoms with Gasteiger partial charge in [-0.25, -0.2) is 0 Å². The van der Waals surface area contributed by atoms with Crippen LogP contribution in [0.4, 0.5) is 0 Å². The van der Waals surface area contributed by atoms with Crippen molar-refractivity contribution in [1.29, 1.82) is 0 Å². The molecule has 3 heteroatoms. The highest BCUT2D eigenvalue weighted by Gasteiger charge is 2.23. The third kappa shape index (κ3) is 3.18. The maximum Gasteiger partial charge on any atom is 0.160 e. The molecule has 1 saturated heterocycles. The van der Waals surface area contributed by atoms with Crippen LogP contribution in [0.2, 0.25) is 0 Å². The second-order valence-electron chi connectivity index (χ2n) is 2.88. The van der Waals surface area contributed by atoms with Gasteiger partial charge in [0, 0.05) is 13.0 Å². The van der Waals surface area contributed by atoms with E-state index in [4.69, 9.17) is 14.6 Å². The largest absolute Gasteiger partial charge is 0.391 e. The number of hydrogen-bond acceptors (Lipinski definition) is 3. The molecular formula is C8H16O3. The molecule has 1 fully saturated rings. The molecule has 2 atom stereocenters. The Labute approximate surface area is 67.3 Å². The van der Waals surface area contributed by atoms with E-state index >= 15 is 0 Å². The van der Waals surface area contributed by atoms with Gasteiger partial charge in [0.05, 0.1) is 12.7 Å². The van der Waals surface area contributed by atoms with Crippen molar-refractivity contribution in [3.8, 4) is 0 Å². The maximum absolute atomic E-state index is 9.05. The molecule has 3 nitrogen and oxygen atoms in total. The lowest BCUT2D eigenvalue weighted by Crippen LogP contribution is -2.12. The fourth-order valence-electron chi connectivity index (χ4n) is 1.05. The zero-order valence-electron chi connectivity index (χ0n) is 6.95. The van der Waals surface area contributed by atoms with Gasteiger partial charge in [0.1, 0.15) is 0 Å². The molecular weight excluding hydrogens is 144 g/mol. The van der Waals surface area contributed by atoms with Crippen molar-refractivity contribution < 1.29 is 14.6 Å². The lowest BCUT2D eigenvalue weighted by Gasteiger charge is -2.09. The highest BCUT2D eigenvalue weighted by atomic mass is 16.7. The van der Waals surface area contributed by atoms with Gasteiger partial charge in [-0.3, -0.25) is 0 Å². The summed E-state index contributed by atoms with van der Waals surface area (Å²) in [5.74, 6) is 0. The Morgan fingerprint density at radius 2 is 2.45 bits per heavy atom. The molecule has 0 saturated carbocycles. The molecule has 0 aliphatic carbocycles. The van der Waals surface area contributed by atoms with Crippen LogP contribution in [0.1, 0.15) is 26.2 Å². The van der Waals surface area contributed by atoms with Crippen LogP contribution in [0, 0.1) is 0 Å². The zero-order valence-corrected chi connectivity index (χ0v) is 6.95. The fourth-order valence-corrected chi connectivity index (χ4v) is 1.05. The van der Waals surface area contributed by atoms with Crippen LogP contribution < -0.4 is 0 Å². The summed E-state index contributed by atoms with van der Waals surface area (Å²) in [4.78, 5) is 0. The van der Waals surface area contributed by atoms with E-state index in [1.807, 2.05) is 0 Å². The average molecular weight is 160 g/mol. The summed E-state index contributed by atoms with van der Waals surface area (Å²) in [5, 5.41) is 9.05. The maximum atomic E-state index is 9.05. The molecule has 0 amide bonds. The Bertz CT molecular complexity index is 106. The van der Waals surface area contributed by atoms with E-state index in [1.165, 1.54) is 0 Å². The Hall–Kier alpha value is -0.120. The molecule has 1 N–H and O–H groups in total. The first kappa shape index (κ1) is 8.97. The van der Waals surface area contributed by atoms with Gasteiger partial charge in [0.15, 0.2) is 6.29 Å². The van der Waals surface area contributed by atoms with Crippen molar-refractivity contribution >= 4 is 0 Å². The summed E-state index contributed by atoms with van der Waals surface area (Å²) < 4.78 is 10.5. The minimum atomic E-state index is -0.318. The van der Waals surface area contributed by atoms with Gasteiger partial charge in [0.2, 0.25) is 0 Å². The molecule has 1 aliphatic heterocycles. The molecule has 0 radical (unpaired) electrons. The third-order valence-corrected chi connectivity index (χ3v) is 1.74. The Morgan fingerprint density at radius 3 is 3.00 bits per heavy atom. The molecule has 66 valence electrons. The monoisotopic (exact) mass is 160 g/mol. The summed E-state index contributed by atoms with van der Waals surface area (Å²) in [5.41, 5.74) is 0. The van der Waals surface area contributed by atoms with E-state index in [1.54, 1.807) is 0 Å². The molecule has 1 rings (SSSR count). The van der Waals surface area contributed by atoms with Crippen LogP contribution in [0.15, 0.2) is 0 Å². The first-order valence-electron chi connectivity index (χ1n) is 4.24. The SMILES string of the molecule is CCCCOC1CC(O)CO1. The summed E-state index contributed by atoms with van der Waals surface area (Å²) in [6.45, 7) is 3.29. The Morgan fingerprint density at radius 1 is 1.64 bits per heavy atom. The van der Waals surface area contributed by atoms with Crippen molar-refractivity contribution in [3.05, 3.63) is 0 Å². The molecule has 1 aliphatic rings. The number of rotatable bonds is 4. The van der Waals surface area contributed by atoms with Crippen molar-refractivity contribution in [2.75, 3.05) is 13.2 Å². The van der Waals surface area contributed by atoms with Crippen LogP contribution in [-0.2, 0) is 9.47 Å². The van der Waals surface area contributed by atoms with Gasteiger partial charge < -0.3 is 14.6 Å². The van der Waals surface area contributed by atoms with E-state index in [0.29, 0.717) is 13.0 Å². The highest BCUT2D eigenvalue weighted by molar-refractivity contribution is 4.64. The normalized spacial score (nSPS) is 31.1. The number of unbranched alkanes of at least 4 members (excludes halogenated alkanes) is 1. The van der Waals surface area contributed by atoms with Crippen LogP contribution in [0.3, 0.4) is 0 Å². The molecule has 2 unspecified atom stereocenters. The fraction of sp³-hybridized carbons (Fsp3) is 1.00. The molecule has 0 aromatic rings. The second kappa shape index (κ2) is 4.70. The van der Waals surface area contributed by atoms with E-state index < -0.39 is 0 Å². The highest BCUT2D eigenvalue weighted by Crippen LogP contribution is 2.14. The summed E-state index contributed by atoms with van der Waals surface area (Å²) in [6, 6.07) is 0. The molecule has 1 heterocycles. The quantitative estimate of drug-likeness (QED) is 0.621. The predicted octanol–water partition coefficient (Wildman–Crippen LogP) is 0.910. The Balaban J connectivity index is 1.99. The molecule has 0 aromatic heterocycles. The second-order valence-corrected chi connectivity index (χ2v) is 2.88. The third-order valence-electron chi connectivity index (χ3n) is 1.74. The number of ether oxygens (including phenoxy) is 2. The van der Waals surface area contributed by atoms with Gasteiger partial charge in [-0.2, -0.15) is 0 Å². The van der Waals surface area contributed by atoms with Crippen molar-refractivity contribution in [1.82, 2.24) is 0 Å². The summed E-state index contributed by atoms with van der Waals surface area (Å²) >= 11 is 0. The van der Waals surface area contributed by atoms with E-state index in [9.17, 15) is 0 Å². The number of aliphatic hydroxyl groups excluding tert-OH is 1. The van der Waals surface area contributed by atoms with Gasteiger partial charge >= 0.3 is 0 Å². The molecule has 0 spiro atoms. The van der Waals surface area contributed by atoms with Gasteiger partial charge in [0.25, 0.3) is 0 Å². The van der Waals surface area contributed by atoms with Crippen LogP contribution in [-0.4, -0.2) is 30.7 Å².